The summed E-state index contributed by atoms with van der Waals surface area (Å²) in [6.07, 6.45) is 3.23. The molecule has 0 N–H and O–H groups in total. The summed E-state index contributed by atoms with van der Waals surface area (Å²) in [5.74, 6) is 0.601. The van der Waals surface area contributed by atoms with Crippen LogP contribution in [0.5, 0.6) is 11.5 Å². The topological polar surface area (TPSA) is 42.2 Å². The fourth-order valence-corrected chi connectivity index (χ4v) is 2.70. The average molecular weight is 388 g/mol. The second-order valence-corrected chi connectivity index (χ2v) is 5.64. The van der Waals surface area contributed by atoms with Gasteiger partial charge in [-0.15, -0.1) is 0 Å². The molecule has 2 rings (SSSR count). The van der Waals surface area contributed by atoms with Gasteiger partial charge in [-0.2, -0.15) is 5.26 Å². The van der Waals surface area contributed by atoms with E-state index in [0.29, 0.717) is 28.1 Å². The highest BCUT2D eigenvalue weighted by molar-refractivity contribution is 9.10. The van der Waals surface area contributed by atoms with Crippen molar-refractivity contribution in [2.45, 2.75) is 0 Å². The van der Waals surface area contributed by atoms with E-state index in [0.717, 1.165) is 0 Å². The van der Waals surface area contributed by atoms with Gasteiger partial charge >= 0.3 is 0 Å². The standard InChI is InChI=1S/C19H15BrFNO2/c1-3-8-24-19-16(20)10-13(11-18(19)23-2)9-14(12-22)15-6-4-5-7-17(15)21/h3-7,9-11H,1,8H2,2H3/b14-9-. The average Bonchev–Trinajstić information content (AvgIpc) is 2.59. The molecule has 0 bridgehead atoms. The van der Waals surface area contributed by atoms with Gasteiger partial charge in [-0.3, -0.25) is 0 Å². The lowest BCUT2D eigenvalue weighted by molar-refractivity contribution is 0.324. The Hall–Kier alpha value is -2.58. The van der Waals surface area contributed by atoms with Crippen LogP contribution in [0.25, 0.3) is 11.6 Å². The Morgan fingerprint density at radius 2 is 2.12 bits per heavy atom. The highest BCUT2D eigenvalue weighted by atomic mass is 79.9. The zero-order chi connectivity index (χ0) is 17.5. The third-order valence-corrected chi connectivity index (χ3v) is 3.78. The van der Waals surface area contributed by atoms with Gasteiger partial charge < -0.3 is 9.47 Å². The van der Waals surface area contributed by atoms with Gasteiger partial charge in [-0.05, 0) is 45.8 Å². The molecule has 122 valence electrons. The molecule has 0 radical (unpaired) electrons. The highest BCUT2D eigenvalue weighted by Gasteiger charge is 2.12. The largest absolute Gasteiger partial charge is 0.493 e. The Morgan fingerprint density at radius 1 is 1.38 bits per heavy atom. The van der Waals surface area contributed by atoms with E-state index < -0.39 is 5.82 Å². The maximum Gasteiger partial charge on any atom is 0.175 e. The minimum atomic E-state index is -0.442. The van der Waals surface area contributed by atoms with Crippen LogP contribution in [-0.2, 0) is 0 Å². The van der Waals surface area contributed by atoms with Gasteiger partial charge in [0.05, 0.1) is 23.2 Å². The Labute approximate surface area is 148 Å². The summed E-state index contributed by atoms with van der Waals surface area (Å²) in [5, 5.41) is 9.37. The molecule has 0 saturated heterocycles. The maximum absolute atomic E-state index is 13.9. The summed E-state index contributed by atoms with van der Waals surface area (Å²) < 4.78 is 25.5. The van der Waals surface area contributed by atoms with Crippen LogP contribution in [0.15, 0.2) is 53.5 Å². The number of hydrogen-bond acceptors (Lipinski definition) is 3. The lowest BCUT2D eigenvalue weighted by Gasteiger charge is -2.12. The van der Waals surface area contributed by atoms with Gasteiger partial charge in [-0.1, -0.05) is 30.9 Å². The summed E-state index contributed by atoms with van der Waals surface area (Å²) >= 11 is 3.43. The number of benzene rings is 2. The number of ether oxygens (including phenoxy) is 2. The molecule has 2 aromatic carbocycles. The number of halogens is 2. The number of methoxy groups -OCH3 is 1. The fraction of sp³-hybridized carbons (Fsp3) is 0.105. The van der Waals surface area contributed by atoms with Gasteiger partial charge in [-0.25, -0.2) is 4.39 Å². The van der Waals surface area contributed by atoms with Crippen molar-refractivity contribution in [1.82, 2.24) is 0 Å². The van der Waals surface area contributed by atoms with Crippen LogP contribution in [0, 0.1) is 17.1 Å². The molecule has 0 heterocycles. The monoisotopic (exact) mass is 387 g/mol. The molecule has 0 atom stereocenters. The summed E-state index contributed by atoms with van der Waals surface area (Å²) in [6, 6.07) is 11.7. The molecular formula is C19H15BrFNO2. The number of rotatable bonds is 6. The Morgan fingerprint density at radius 3 is 2.75 bits per heavy atom. The van der Waals surface area contributed by atoms with Crippen LogP contribution in [0.2, 0.25) is 0 Å². The van der Waals surface area contributed by atoms with Crippen LogP contribution >= 0.6 is 15.9 Å². The van der Waals surface area contributed by atoms with Crippen molar-refractivity contribution in [3.05, 3.63) is 70.5 Å². The molecule has 5 heteroatoms. The first-order valence-electron chi connectivity index (χ1n) is 7.08. The first-order chi connectivity index (χ1) is 11.6. The van der Waals surface area contributed by atoms with E-state index in [4.69, 9.17) is 9.47 Å². The van der Waals surface area contributed by atoms with Crippen molar-refractivity contribution in [3.8, 4) is 17.6 Å². The van der Waals surface area contributed by atoms with Crippen molar-refractivity contribution < 1.29 is 13.9 Å². The predicted octanol–water partition coefficient (Wildman–Crippen LogP) is 5.23. The van der Waals surface area contributed by atoms with Gasteiger partial charge in [0.25, 0.3) is 0 Å². The van der Waals surface area contributed by atoms with Gasteiger partial charge in [0, 0.05) is 5.56 Å². The van der Waals surface area contributed by atoms with Crippen LogP contribution < -0.4 is 9.47 Å². The number of hydrogen-bond donors (Lipinski definition) is 0. The van der Waals surface area contributed by atoms with Gasteiger partial charge in [0.15, 0.2) is 11.5 Å². The number of nitriles is 1. The van der Waals surface area contributed by atoms with Crippen LogP contribution in [0.1, 0.15) is 11.1 Å². The fourth-order valence-electron chi connectivity index (χ4n) is 2.12. The minimum absolute atomic E-state index is 0.224. The Kier molecular flexibility index (Phi) is 6.16. The van der Waals surface area contributed by atoms with E-state index in [1.165, 1.54) is 13.2 Å². The van der Waals surface area contributed by atoms with E-state index in [-0.39, 0.29) is 11.1 Å². The zero-order valence-electron chi connectivity index (χ0n) is 13.1. The smallest absolute Gasteiger partial charge is 0.175 e. The van der Waals surface area contributed by atoms with Crippen LogP contribution in [-0.4, -0.2) is 13.7 Å². The second-order valence-electron chi connectivity index (χ2n) is 4.78. The SMILES string of the molecule is C=CCOc1c(Br)cc(/C=C(/C#N)c2ccccc2F)cc1OC. The molecule has 0 aliphatic rings. The molecule has 0 aliphatic carbocycles. The lowest BCUT2D eigenvalue weighted by atomic mass is 10.0. The first kappa shape index (κ1) is 17.8. The summed E-state index contributed by atoms with van der Waals surface area (Å²) in [4.78, 5) is 0. The summed E-state index contributed by atoms with van der Waals surface area (Å²) in [7, 11) is 1.53. The molecule has 0 amide bonds. The van der Waals surface area contributed by atoms with Crippen molar-refractivity contribution in [1.29, 1.82) is 5.26 Å². The molecule has 3 nitrogen and oxygen atoms in total. The third kappa shape index (κ3) is 4.03. The molecule has 0 saturated carbocycles. The summed E-state index contributed by atoms with van der Waals surface area (Å²) in [6.45, 7) is 3.94. The second kappa shape index (κ2) is 8.32. The molecular weight excluding hydrogens is 373 g/mol. The van der Waals surface area contributed by atoms with Crippen molar-refractivity contribution in [2.75, 3.05) is 13.7 Å². The molecule has 24 heavy (non-hydrogen) atoms. The van der Waals surface area contributed by atoms with E-state index in [1.807, 2.05) is 6.07 Å². The van der Waals surface area contributed by atoms with Crippen molar-refractivity contribution in [3.63, 3.8) is 0 Å². The molecule has 0 aliphatic heterocycles. The molecule has 0 aromatic heterocycles. The summed E-state index contributed by atoms with van der Waals surface area (Å²) in [5.41, 5.74) is 1.16. The maximum atomic E-state index is 13.9. The molecule has 2 aromatic rings. The van der Waals surface area contributed by atoms with Gasteiger partial charge in [0.2, 0.25) is 0 Å². The van der Waals surface area contributed by atoms with E-state index in [2.05, 4.69) is 22.5 Å². The predicted molar refractivity (Wildman–Crippen MR) is 96.3 cm³/mol. The van der Waals surface area contributed by atoms with Gasteiger partial charge in [0.1, 0.15) is 12.4 Å². The minimum Gasteiger partial charge on any atom is -0.493 e. The Bertz CT molecular complexity index is 825. The van der Waals surface area contributed by atoms with Crippen molar-refractivity contribution in [2.24, 2.45) is 0 Å². The van der Waals surface area contributed by atoms with Crippen LogP contribution in [0.3, 0.4) is 0 Å². The lowest BCUT2D eigenvalue weighted by Crippen LogP contribution is -1.98. The molecule has 0 unspecified atom stereocenters. The quantitative estimate of drug-likeness (QED) is 0.387. The van der Waals surface area contributed by atoms with E-state index in [9.17, 15) is 9.65 Å². The number of nitrogens with zero attached hydrogens (tertiary/aromatic N) is 1. The molecule has 0 spiro atoms. The van der Waals surface area contributed by atoms with Crippen LogP contribution in [0.4, 0.5) is 4.39 Å². The van der Waals surface area contributed by atoms with E-state index >= 15 is 0 Å². The van der Waals surface area contributed by atoms with E-state index in [1.54, 1.807) is 42.5 Å². The zero-order valence-corrected chi connectivity index (χ0v) is 14.6. The normalized spacial score (nSPS) is 10.8. The Balaban J connectivity index is 2.48. The highest BCUT2D eigenvalue weighted by Crippen LogP contribution is 2.37. The number of allylic oxidation sites excluding steroid dienone is 1. The van der Waals surface area contributed by atoms with Crippen molar-refractivity contribution >= 4 is 27.6 Å². The first-order valence-corrected chi connectivity index (χ1v) is 7.88. The third-order valence-electron chi connectivity index (χ3n) is 3.19. The molecule has 0 fully saturated rings.